The third-order valence-electron chi connectivity index (χ3n) is 1.81. The maximum absolute atomic E-state index is 11.1. The summed E-state index contributed by atoms with van der Waals surface area (Å²) in [5, 5.41) is 9.20. The molecular formula is C7H13N5OS. The Morgan fingerprint density at radius 3 is 2.93 bits per heavy atom. The van der Waals surface area contributed by atoms with Crippen LogP contribution in [0, 0.1) is 4.77 Å². The van der Waals surface area contributed by atoms with Crippen LogP contribution < -0.4 is 11.1 Å². The van der Waals surface area contributed by atoms with Crippen LogP contribution in [0.25, 0.3) is 0 Å². The minimum atomic E-state index is -0.512. The Balaban J connectivity index is 2.58. The summed E-state index contributed by atoms with van der Waals surface area (Å²) in [6, 6.07) is -0.512. The van der Waals surface area contributed by atoms with Crippen LogP contribution in [0.4, 0.5) is 0 Å². The second-order valence-corrected chi connectivity index (χ2v) is 3.40. The number of aromatic nitrogens is 3. The quantitative estimate of drug-likeness (QED) is 0.590. The maximum atomic E-state index is 11.1. The molecule has 0 fully saturated rings. The number of carbonyl (C=O) groups is 1. The Labute approximate surface area is 86.5 Å². The molecule has 0 aromatic carbocycles. The number of carbonyl (C=O) groups excluding carboxylic acids is 1. The molecule has 1 amide bonds. The summed E-state index contributed by atoms with van der Waals surface area (Å²) in [5.74, 6) is 0.461. The number of rotatable bonds is 3. The zero-order valence-corrected chi connectivity index (χ0v) is 8.89. The molecule has 14 heavy (non-hydrogen) atoms. The first-order valence-corrected chi connectivity index (χ1v) is 4.56. The van der Waals surface area contributed by atoms with E-state index in [0.29, 0.717) is 17.1 Å². The fourth-order valence-electron chi connectivity index (χ4n) is 0.865. The van der Waals surface area contributed by atoms with Crippen LogP contribution in [-0.2, 0) is 18.4 Å². The van der Waals surface area contributed by atoms with E-state index in [1.54, 1.807) is 18.5 Å². The van der Waals surface area contributed by atoms with Crippen LogP contribution in [-0.4, -0.2) is 26.7 Å². The van der Waals surface area contributed by atoms with Gasteiger partial charge >= 0.3 is 0 Å². The molecule has 0 unspecified atom stereocenters. The van der Waals surface area contributed by atoms with Crippen molar-refractivity contribution in [1.82, 2.24) is 20.1 Å². The first-order valence-electron chi connectivity index (χ1n) is 4.16. The summed E-state index contributed by atoms with van der Waals surface area (Å²) in [5.41, 5.74) is 5.38. The smallest absolute Gasteiger partial charge is 0.237 e. The van der Waals surface area contributed by atoms with Gasteiger partial charge in [-0.2, -0.15) is 5.10 Å². The molecule has 1 atom stereocenters. The number of hydrogen-bond acceptors (Lipinski definition) is 4. The van der Waals surface area contributed by atoms with E-state index in [1.165, 1.54) is 0 Å². The van der Waals surface area contributed by atoms with E-state index < -0.39 is 6.04 Å². The first kappa shape index (κ1) is 10.9. The van der Waals surface area contributed by atoms with Crippen molar-refractivity contribution in [3.05, 3.63) is 10.6 Å². The molecule has 0 radical (unpaired) electrons. The van der Waals surface area contributed by atoms with E-state index in [0.717, 1.165) is 0 Å². The predicted octanol–water partition coefficient (Wildman–Crippen LogP) is -0.559. The van der Waals surface area contributed by atoms with Crippen molar-refractivity contribution in [3.63, 3.8) is 0 Å². The van der Waals surface area contributed by atoms with Crippen molar-refractivity contribution < 1.29 is 4.79 Å². The second kappa shape index (κ2) is 4.34. The van der Waals surface area contributed by atoms with Crippen molar-refractivity contribution in [3.8, 4) is 0 Å². The van der Waals surface area contributed by atoms with Crippen molar-refractivity contribution >= 4 is 18.1 Å². The van der Waals surface area contributed by atoms with Gasteiger partial charge < -0.3 is 15.6 Å². The summed E-state index contributed by atoms with van der Waals surface area (Å²) in [4.78, 5) is 11.1. The van der Waals surface area contributed by atoms with Gasteiger partial charge in [-0.3, -0.25) is 9.89 Å². The van der Waals surface area contributed by atoms with Crippen LogP contribution in [0.15, 0.2) is 0 Å². The molecule has 1 aromatic rings. The number of H-pyrrole nitrogens is 1. The number of nitrogens with one attached hydrogen (secondary N) is 2. The lowest BCUT2D eigenvalue weighted by molar-refractivity contribution is -0.122. The Bertz CT molecular complexity index is 380. The minimum absolute atomic E-state index is 0.209. The zero-order chi connectivity index (χ0) is 10.7. The lowest BCUT2D eigenvalue weighted by Crippen LogP contribution is -2.38. The van der Waals surface area contributed by atoms with Gasteiger partial charge in [-0.15, -0.1) is 0 Å². The highest BCUT2D eigenvalue weighted by Gasteiger charge is 2.08. The van der Waals surface area contributed by atoms with Crippen molar-refractivity contribution in [2.45, 2.75) is 19.5 Å². The van der Waals surface area contributed by atoms with E-state index in [-0.39, 0.29) is 5.91 Å². The van der Waals surface area contributed by atoms with Crippen LogP contribution in [0.5, 0.6) is 0 Å². The molecule has 0 aliphatic heterocycles. The molecule has 0 saturated heterocycles. The normalized spacial score (nSPS) is 12.5. The third-order valence-corrected chi connectivity index (χ3v) is 2.17. The van der Waals surface area contributed by atoms with Gasteiger partial charge in [-0.1, -0.05) is 0 Å². The molecule has 1 rings (SSSR count). The van der Waals surface area contributed by atoms with E-state index >= 15 is 0 Å². The largest absolute Gasteiger partial charge is 0.347 e. The third kappa shape index (κ3) is 2.39. The highest BCUT2D eigenvalue weighted by Crippen LogP contribution is 1.93. The van der Waals surface area contributed by atoms with Gasteiger partial charge in [0.05, 0.1) is 12.6 Å². The minimum Gasteiger partial charge on any atom is -0.347 e. The van der Waals surface area contributed by atoms with E-state index in [4.69, 9.17) is 18.0 Å². The van der Waals surface area contributed by atoms with Crippen LogP contribution in [0.1, 0.15) is 12.7 Å². The van der Waals surface area contributed by atoms with Gasteiger partial charge in [-0.05, 0) is 19.1 Å². The molecular weight excluding hydrogens is 202 g/mol. The zero-order valence-electron chi connectivity index (χ0n) is 8.07. The second-order valence-electron chi connectivity index (χ2n) is 3.01. The Kier molecular flexibility index (Phi) is 3.37. The molecule has 7 heteroatoms. The summed E-state index contributed by atoms with van der Waals surface area (Å²) in [6.45, 7) is 1.95. The molecule has 0 bridgehead atoms. The monoisotopic (exact) mass is 215 g/mol. The molecule has 6 nitrogen and oxygen atoms in total. The first-order chi connectivity index (χ1) is 6.52. The van der Waals surface area contributed by atoms with E-state index in [2.05, 4.69) is 15.5 Å². The van der Waals surface area contributed by atoms with Crippen LogP contribution >= 0.6 is 12.2 Å². The number of nitrogens with zero attached hydrogens (tertiary/aromatic N) is 2. The average Bonchev–Trinajstić information content (AvgIpc) is 2.44. The molecule has 0 aliphatic carbocycles. The molecule has 78 valence electrons. The fraction of sp³-hybridized carbons (Fsp3) is 0.571. The lowest BCUT2D eigenvalue weighted by Gasteiger charge is -2.06. The van der Waals surface area contributed by atoms with Gasteiger partial charge in [0.15, 0.2) is 10.6 Å². The standard InChI is InChI=1S/C7H13N5OS/c1-4(8)6(13)9-3-5-10-11-7(14)12(5)2/h4H,3,8H2,1-2H3,(H,9,13)(H,11,14)/t4-/m1/s1. The Hall–Kier alpha value is -1.21. The number of aromatic amines is 1. The molecule has 0 saturated carbocycles. The van der Waals surface area contributed by atoms with Gasteiger partial charge in [0.1, 0.15) is 0 Å². The Morgan fingerprint density at radius 2 is 2.50 bits per heavy atom. The fourth-order valence-corrected chi connectivity index (χ4v) is 1.02. The highest BCUT2D eigenvalue weighted by molar-refractivity contribution is 7.71. The lowest BCUT2D eigenvalue weighted by atomic mass is 10.3. The van der Waals surface area contributed by atoms with Gasteiger partial charge in [0.2, 0.25) is 5.91 Å². The molecule has 0 spiro atoms. The van der Waals surface area contributed by atoms with Gasteiger partial charge in [0, 0.05) is 7.05 Å². The summed E-state index contributed by atoms with van der Waals surface area (Å²) in [7, 11) is 1.78. The topological polar surface area (TPSA) is 88.7 Å². The van der Waals surface area contributed by atoms with Crippen molar-refractivity contribution in [1.29, 1.82) is 0 Å². The summed E-state index contributed by atoms with van der Waals surface area (Å²) < 4.78 is 2.21. The van der Waals surface area contributed by atoms with E-state index in [1.807, 2.05) is 0 Å². The number of nitrogens with two attached hydrogens (primary N) is 1. The number of amides is 1. The average molecular weight is 215 g/mol. The van der Waals surface area contributed by atoms with Crippen molar-refractivity contribution in [2.75, 3.05) is 0 Å². The summed E-state index contributed by atoms with van der Waals surface area (Å²) >= 11 is 4.91. The molecule has 4 N–H and O–H groups in total. The van der Waals surface area contributed by atoms with Gasteiger partial charge in [0.25, 0.3) is 0 Å². The van der Waals surface area contributed by atoms with E-state index in [9.17, 15) is 4.79 Å². The predicted molar refractivity (Wildman–Crippen MR) is 53.9 cm³/mol. The molecule has 1 heterocycles. The Morgan fingerprint density at radius 1 is 1.86 bits per heavy atom. The van der Waals surface area contributed by atoms with Crippen LogP contribution in [0.3, 0.4) is 0 Å². The van der Waals surface area contributed by atoms with Gasteiger partial charge in [-0.25, -0.2) is 0 Å². The number of hydrogen-bond donors (Lipinski definition) is 3. The summed E-state index contributed by atoms with van der Waals surface area (Å²) in [6.07, 6.45) is 0. The molecule has 1 aromatic heterocycles. The van der Waals surface area contributed by atoms with Crippen molar-refractivity contribution in [2.24, 2.45) is 12.8 Å². The molecule has 0 aliphatic rings. The van der Waals surface area contributed by atoms with Crippen LogP contribution in [0.2, 0.25) is 0 Å². The SMILES string of the molecule is C[C@@H](N)C(=O)NCc1n[nH]c(=S)n1C. The highest BCUT2D eigenvalue weighted by atomic mass is 32.1. The maximum Gasteiger partial charge on any atom is 0.237 e.